The van der Waals surface area contributed by atoms with E-state index in [1.54, 1.807) is 6.92 Å². The van der Waals surface area contributed by atoms with E-state index in [2.05, 4.69) is 13.7 Å². The van der Waals surface area contributed by atoms with E-state index in [-0.39, 0.29) is 5.01 Å². The van der Waals surface area contributed by atoms with Gasteiger partial charge in [-0.25, -0.2) is 4.79 Å². The Morgan fingerprint density at radius 2 is 2.50 bits per heavy atom. The van der Waals surface area contributed by atoms with Gasteiger partial charge in [0.25, 0.3) is 0 Å². The van der Waals surface area contributed by atoms with Gasteiger partial charge in [-0.15, -0.1) is 10.2 Å². The lowest BCUT2D eigenvalue weighted by molar-refractivity contribution is 0.0525. The molecule has 1 aromatic rings. The molecule has 0 bridgehead atoms. The van der Waals surface area contributed by atoms with Crippen molar-refractivity contribution in [2.24, 2.45) is 0 Å². The first-order valence-electron chi connectivity index (χ1n) is 3.15. The van der Waals surface area contributed by atoms with Crippen molar-refractivity contribution in [2.75, 3.05) is 10.1 Å². The van der Waals surface area contributed by atoms with Gasteiger partial charge in [0, 0.05) is 0 Å². The fraction of sp³-hybridized carbons (Fsp3) is 0.400. The number of rotatable bonds is 3. The van der Waals surface area contributed by atoms with E-state index in [0.717, 1.165) is 0 Å². The summed E-state index contributed by atoms with van der Waals surface area (Å²) >= 11 is 3.08. The zero-order chi connectivity index (χ0) is 8.97. The van der Waals surface area contributed by atoms with Crippen molar-refractivity contribution >= 4 is 45.3 Å². The van der Waals surface area contributed by atoms with Gasteiger partial charge in [0.15, 0.2) is 0 Å². The van der Waals surface area contributed by atoms with Crippen molar-refractivity contribution < 1.29 is 9.53 Å². The number of hydrogen-bond donors (Lipinski definition) is 1. The van der Waals surface area contributed by atoms with Crippen LogP contribution in [0.4, 0.5) is 5.13 Å². The summed E-state index contributed by atoms with van der Waals surface area (Å²) in [6.45, 7) is 2.10. The van der Waals surface area contributed by atoms with Gasteiger partial charge in [0.2, 0.25) is 10.1 Å². The lowest BCUT2D eigenvalue weighted by atomic mass is 10.7. The van der Waals surface area contributed by atoms with Crippen molar-refractivity contribution in [3.63, 3.8) is 0 Å². The Morgan fingerprint density at radius 1 is 1.75 bits per heavy atom. The van der Waals surface area contributed by atoms with Crippen LogP contribution in [-0.4, -0.2) is 22.8 Å². The Bertz CT molecular complexity index is 277. The zero-order valence-electron chi connectivity index (χ0n) is 6.20. The first-order chi connectivity index (χ1) is 5.77. The van der Waals surface area contributed by atoms with E-state index in [9.17, 15) is 4.79 Å². The third-order valence-electron chi connectivity index (χ3n) is 0.956. The molecule has 0 aromatic carbocycles. The van der Waals surface area contributed by atoms with Gasteiger partial charge in [0.1, 0.15) is 0 Å². The highest BCUT2D eigenvalue weighted by Gasteiger charge is 2.12. The quantitative estimate of drug-likeness (QED) is 0.520. The Kier molecular flexibility index (Phi) is 3.66. The number of halogens is 1. The molecule has 0 atom stereocenters. The summed E-state index contributed by atoms with van der Waals surface area (Å²) in [6, 6.07) is 0. The Hall–Kier alpha value is -0.440. The van der Waals surface area contributed by atoms with Gasteiger partial charge >= 0.3 is 5.97 Å². The van der Waals surface area contributed by atoms with Gasteiger partial charge in [0.05, 0.1) is 29.5 Å². The molecule has 0 amide bonds. The van der Waals surface area contributed by atoms with Crippen LogP contribution in [0.1, 0.15) is 16.7 Å². The molecular weight excluding hydrogens is 293 g/mol. The average Bonchev–Trinajstić information content (AvgIpc) is 2.52. The molecule has 0 aliphatic heterocycles. The normalized spacial score (nSPS) is 9.50. The zero-order valence-corrected chi connectivity index (χ0v) is 9.18. The highest BCUT2D eigenvalue weighted by atomic mass is 127. The molecule has 66 valence electrons. The molecule has 0 radical (unpaired) electrons. The summed E-state index contributed by atoms with van der Waals surface area (Å²) < 4.78 is 7.48. The van der Waals surface area contributed by atoms with Crippen LogP contribution < -0.4 is 3.53 Å². The monoisotopic (exact) mass is 299 g/mol. The van der Waals surface area contributed by atoms with E-state index >= 15 is 0 Å². The molecule has 1 aromatic heterocycles. The number of hydrogen-bond acceptors (Lipinski definition) is 6. The van der Waals surface area contributed by atoms with E-state index in [1.807, 2.05) is 22.9 Å². The second-order valence-electron chi connectivity index (χ2n) is 1.73. The van der Waals surface area contributed by atoms with E-state index in [1.165, 1.54) is 11.3 Å². The number of esters is 1. The van der Waals surface area contributed by atoms with Gasteiger partial charge in [-0.2, -0.15) is 0 Å². The Labute approximate surface area is 87.0 Å². The third-order valence-corrected chi connectivity index (χ3v) is 2.65. The standard InChI is InChI=1S/C5H6IN3O2S/c1-2-11-4(10)3-8-9-5(7-6)12-3/h2H2,1H3,(H,7,9). The lowest BCUT2D eigenvalue weighted by Crippen LogP contribution is -2.03. The van der Waals surface area contributed by atoms with Crippen molar-refractivity contribution in [1.29, 1.82) is 0 Å². The predicted octanol–water partition coefficient (Wildman–Crippen LogP) is 1.48. The summed E-state index contributed by atoms with van der Waals surface area (Å²) in [7, 11) is 0. The fourth-order valence-electron chi connectivity index (χ4n) is 0.537. The number of carbonyl (C=O) groups excluding carboxylic acids is 1. The Morgan fingerprint density at radius 3 is 3.00 bits per heavy atom. The molecular formula is C5H6IN3O2S. The predicted molar refractivity (Wildman–Crippen MR) is 53.5 cm³/mol. The highest BCUT2D eigenvalue weighted by molar-refractivity contribution is 14.1. The molecule has 0 saturated carbocycles. The first-order valence-corrected chi connectivity index (χ1v) is 5.04. The van der Waals surface area contributed by atoms with Crippen LogP contribution in [-0.2, 0) is 4.74 Å². The topological polar surface area (TPSA) is 64.1 Å². The van der Waals surface area contributed by atoms with Crippen molar-refractivity contribution in [1.82, 2.24) is 10.2 Å². The largest absolute Gasteiger partial charge is 0.461 e. The summed E-state index contributed by atoms with van der Waals surface area (Å²) in [5.74, 6) is -0.423. The highest BCUT2D eigenvalue weighted by Crippen LogP contribution is 2.16. The van der Waals surface area contributed by atoms with Crippen LogP contribution in [0.5, 0.6) is 0 Å². The fourth-order valence-corrected chi connectivity index (χ4v) is 1.50. The molecule has 1 N–H and O–H groups in total. The van der Waals surface area contributed by atoms with E-state index in [4.69, 9.17) is 4.74 Å². The van der Waals surface area contributed by atoms with Crippen LogP contribution in [0.3, 0.4) is 0 Å². The molecule has 0 unspecified atom stereocenters. The molecule has 1 heterocycles. The smallest absolute Gasteiger partial charge is 0.369 e. The van der Waals surface area contributed by atoms with Crippen LogP contribution in [0.25, 0.3) is 0 Å². The van der Waals surface area contributed by atoms with Crippen molar-refractivity contribution in [3.8, 4) is 0 Å². The number of nitrogens with zero attached hydrogens (tertiary/aromatic N) is 2. The summed E-state index contributed by atoms with van der Waals surface area (Å²) in [5, 5.41) is 8.19. The SMILES string of the molecule is CCOC(=O)c1nnc(NI)s1. The molecule has 7 heteroatoms. The van der Waals surface area contributed by atoms with Crippen molar-refractivity contribution in [3.05, 3.63) is 5.01 Å². The average molecular weight is 299 g/mol. The maximum Gasteiger partial charge on any atom is 0.369 e. The van der Waals surface area contributed by atoms with E-state index in [0.29, 0.717) is 11.7 Å². The van der Waals surface area contributed by atoms with Crippen molar-refractivity contribution in [2.45, 2.75) is 6.92 Å². The van der Waals surface area contributed by atoms with E-state index < -0.39 is 5.97 Å². The minimum atomic E-state index is -0.423. The number of aromatic nitrogens is 2. The minimum Gasteiger partial charge on any atom is -0.461 e. The molecule has 0 spiro atoms. The number of anilines is 1. The second-order valence-corrected chi connectivity index (χ2v) is 3.24. The van der Waals surface area contributed by atoms with Gasteiger partial charge in [-0.1, -0.05) is 11.3 Å². The molecule has 1 rings (SSSR count). The minimum absolute atomic E-state index is 0.274. The summed E-state index contributed by atoms with van der Waals surface area (Å²) in [4.78, 5) is 11.0. The molecule has 0 aliphatic rings. The van der Waals surface area contributed by atoms with Gasteiger partial charge < -0.3 is 8.27 Å². The van der Waals surface area contributed by atoms with Gasteiger partial charge in [-0.05, 0) is 6.92 Å². The maximum atomic E-state index is 11.0. The molecule has 0 saturated heterocycles. The molecule has 0 fully saturated rings. The number of carbonyl (C=O) groups is 1. The number of nitrogens with one attached hydrogen (secondary N) is 1. The Balaban J connectivity index is 2.68. The van der Waals surface area contributed by atoms with Crippen LogP contribution in [0.15, 0.2) is 0 Å². The van der Waals surface area contributed by atoms with Crippen LogP contribution in [0.2, 0.25) is 0 Å². The van der Waals surface area contributed by atoms with Gasteiger partial charge in [-0.3, -0.25) is 0 Å². The molecule has 0 aliphatic carbocycles. The maximum absolute atomic E-state index is 11.0. The number of ether oxygens (including phenoxy) is 1. The molecule has 5 nitrogen and oxygen atoms in total. The first kappa shape index (κ1) is 9.65. The summed E-state index contributed by atoms with van der Waals surface area (Å²) in [6.07, 6.45) is 0. The van der Waals surface area contributed by atoms with Crippen LogP contribution in [0, 0.1) is 0 Å². The molecule has 12 heavy (non-hydrogen) atoms. The van der Waals surface area contributed by atoms with Crippen LogP contribution >= 0.6 is 34.2 Å². The lowest BCUT2D eigenvalue weighted by Gasteiger charge is -1.93. The third kappa shape index (κ3) is 2.27. The second kappa shape index (κ2) is 4.55. The summed E-state index contributed by atoms with van der Waals surface area (Å²) in [5.41, 5.74) is 0.